The first-order valence-electron chi connectivity index (χ1n) is 10.2. The summed E-state index contributed by atoms with van der Waals surface area (Å²) in [5, 5.41) is 3.57. The lowest BCUT2D eigenvalue weighted by atomic mass is 10.2. The van der Waals surface area contributed by atoms with E-state index in [0.717, 1.165) is 44.1 Å². The highest BCUT2D eigenvalue weighted by molar-refractivity contribution is 7.89. The minimum absolute atomic E-state index is 0.0439. The summed E-state index contributed by atoms with van der Waals surface area (Å²) in [5.74, 6) is 0.857. The Labute approximate surface area is 157 Å². The van der Waals surface area contributed by atoms with Gasteiger partial charge in [0, 0.05) is 31.7 Å². The van der Waals surface area contributed by atoms with Crippen molar-refractivity contribution >= 4 is 10.0 Å². The van der Waals surface area contributed by atoms with E-state index in [1.54, 1.807) is 12.1 Å². The zero-order valence-corrected chi connectivity index (χ0v) is 16.3. The second kappa shape index (κ2) is 7.97. The van der Waals surface area contributed by atoms with E-state index in [9.17, 15) is 8.42 Å². The molecule has 2 aliphatic carbocycles. The first-order chi connectivity index (χ1) is 12.6. The Morgan fingerprint density at radius 1 is 0.962 bits per heavy atom. The van der Waals surface area contributed by atoms with Gasteiger partial charge in [-0.25, -0.2) is 13.1 Å². The van der Waals surface area contributed by atoms with Gasteiger partial charge >= 0.3 is 0 Å². The maximum Gasteiger partial charge on any atom is 0.240 e. The molecule has 1 unspecified atom stereocenters. The van der Waals surface area contributed by atoms with Crippen LogP contribution in [0.1, 0.15) is 50.5 Å². The van der Waals surface area contributed by atoms with Crippen LogP contribution in [0.15, 0.2) is 29.2 Å². The van der Waals surface area contributed by atoms with E-state index in [-0.39, 0.29) is 6.04 Å². The summed E-state index contributed by atoms with van der Waals surface area (Å²) in [5.41, 5.74) is 1.15. The SMILES string of the molecule is O=S(=O)(NC1CCN(CC2CC2)C1)c1ccc(CNC2CCCC2)cc1. The molecule has 5 nitrogen and oxygen atoms in total. The van der Waals surface area contributed by atoms with Gasteiger partial charge in [-0.3, -0.25) is 0 Å². The average Bonchev–Trinajstić information content (AvgIpc) is 3.09. The fraction of sp³-hybridized carbons (Fsp3) is 0.700. The van der Waals surface area contributed by atoms with Crippen LogP contribution in [0.4, 0.5) is 0 Å². The molecule has 1 atom stereocenters. The van der Waals surface area contributed by atoms with Crippen LogP contribution in [0.2, 0.25) is 0 Å². The Hall–Kier alpha value is -0.950. The quantitative estimate of drug-likeness (QED) is 0.731. The van der Waals surface area contributed by atoms with Gasteiger partial charge in [0.25, 0.3) is 0 Å². The third kappa shape index (κ3) is 4.85. The van der Waals surface area contributed by atoms with Crippen molar-refractivity contribution in [1.82, 2.24) is 14.9 Å². The van der Waals surface area contributed by atoms with Crippen LogP contribution in [-0.2, 0) is 16.6 Å². The van der Waals surface area contributed by atoms with Crippen molar-refractivity contribution < 1.29 is 8.42 Å². The van der Waals surface area contributed by atoms with Gasteiger partial charge in [-0.15, -0.1) is 0 Å². The molecule has 2 N–H and O–H groups in total. The van der Waals surface area contributed by atoms with Crippen molar-refractivity contribution in [2.24, 2.45) is 5.92 Å². The van der Waals surface area contributed by atoms with E-state index in [1.807, 2.05) is 12.1 Å². The molecule has 3 fully saturated rings. The second-order valence-electron chi connectivity index (χ2n) is 8.32. The van der Waals surface area contributed by atoms with E-state index in [4.69, 9.17) is 0 Å². The molecule has 144 valence electrons. The summed E-state index contributed by atoms with van der Waals surface area (Å²) in [6.45, 7) is 3.81. The van der Waals surface area contributed by atoms with Crippen molar-refractivity contribution in [2.75, 3.05) is 19.6 Å². The van der Waals surface area contributed by atoms with Gasteiger partial charge in [-0.2, -0.15) is 0 Å². The van der Waals surface area contributed by atoms with Crippen molar-refractivity contribution in [3.05, 3.63) is 29.8 Å². The van der Waals surface area contributed by atoms with Gasteiger partial charge in [0.1, 0.15) is 0 Å². The zero-order valence-electron chi connectivity index (χ0n) is 15.5. The summed E-state index contributed by atoms with van der Waals surface area (Å²) in [6.07, 6.45) is 8.75. The summed E-state index contributed by atoms with van der Waals surface area (Å²) in [7, 11) is -3.42. The monoisotopic (exact) mass is 377 g/mol. The van der Waals surface area contributed by atoms with Gasteiger partial charge in [0.15, 0.2) is 0 Å². The predicted octanol–water partition coefficient (Wildman–Crippen LogP) is 2.48. The summed E-state index contributed by atoms with van der Waals surface area (Å²) >= 11 is 0. The fourth-order valence-electron chi connectivity index (χ4n) is 4.23. The van der Waals surface area contributed by atoms with Crippen LogP contribution in [0.5, 0.6) is 0 Å². The molecule has 0 bridgehead atoms. The predicted molar refractivity (Wildman–Crippen MR) is 103 cm³/mol. The lowest BCUT2D eigenvalue weighted by molar-refractivity contribution is 0.318. The highest BCUT2D eigenvalue weighted by atomic mass is 32.2. The smallest absolute Gasteiger partial charge is 0.240 e. The van der Waals surface area contributed by atoms with Gasteiger partial charge in [-0.1, -0.05) is 25.0 Å². The lowest BCUT2D eigenvalue weighted by Gasteiger charge is -2.16. The highest BCUT2D eigenvalue weighted by Crippen LogP contribution is 2.30. The van der Waals surface area contributed by atoms with Crippen LogP contribution < -0.4 is 10.0 Å². The summed E-state index contributed by atoms with van der Waals surface area (Å²) in [6, 6.07) is 8.02. The van der Waals surface area contributed by atoms with E-state index in [0.29, 0.717) is 10.9 Å². The molecular weight excluding hydrogens is 346 g/mol. The summed E-state index contributed by atoms with van der Waals surface area (Å²) < 4.78 is 28.2. The minimum Gasteiger partial charge on any atom is -0.310 e. The molecule has 1 aliphatic heterocycles. The van der Waals surface area contributed by atoms with Crippen molar-refractivity contribution in [3.63, 3.8) is 0 Å². The number of rotatable bonds is 8. The van der Waals surface area contributed by atoms with Crippen molar-refractivity contribution in [1.29, 1.82) is 0 Å². The number of nitrogens with one attached hydrogen (secondary N) is 2. The van der Waals surface area contributed by atoms with Crippen LogP contribution in [0.3, 0.4) is 0 Å². The van der Waals surface area contributed by atoms with Crippen LogP contribution in [0.25, 0.3) is 0 Å². The Morgan fingerprint density at radius 3 is 2.38 bits per heavy atom. The molecule has 6 heteroatoms. The number of nitrogens with zero attached hydrogens (tertiary/aromatic N) is 1. The van der Waals surface area contributed by atoms with Crippen LogP contribution in [-0.4, -0.2) is 45.0 Å². The largest absolute Gasteiger partial charge is 0.310 e. The van der Waals surface area contributed by atoms with Gasteiger partial charge in [-0.05, 0) is 62.3 Å². The van der Waals surface area contributed by atoms with Gasteiger partial charge in [0.2, 0.25) is 10.0 Å². The number of hydrogen-bond donors (Lipinski definition) is 2. The number of sulfonamides is 1. The van der Waals surface area contributed by atoms with Crippen LogP contribution in [0, 0.1) is 5.92 Å². The Balaban J connectivity index is 1.29. The Bertz CT molecular complexity index is 694. The summed E-state index contributed by atoms with van der Waals surface area (Å²) in [4.78, 5) is 2.78. The molecule has 26 heavy (non-hydrogen) atoms. The second-order valence-corrected chi connectivity index (χ2v) is 10.0. The van der Waals surface area contributed by atoms with Gasteiger partial charge in [0.05, 0.1) is 4.90 Å². The average molecular weight is 378 g/mol. The topological polar surface area (TPSA) is 61.4 Å². The molecule has 2 saturated carbocycles. The molecular formula is C20H31N3O2S. The van der Waals surface area contributed by atoms with E-state index < -0.39 is 10.0 Å². The molecule has 0 spiro atoms. The maximum atomic E-state index is 12.7. The first-order valence-corrected chi connectivity index (χ1v) is 11.6. The standard InChI is InChI=1S/C20H31N3O2S/c24-26(25,22-19-11-12-23(15-19)14-17-5-6-17)20-9-7-16(8-10-20)13-21-18-3-1-2-4-18/h7-10,17-19,21-22H,1-6,11-15H2. The Morgan fingerprint density at radius 2 is 1.69 bits per heavy atom. The lowest BCUT2D eigenvalue weighted by Crippen LogP contribution is -2.37. The normalized spacial score (nSPS) is 25.2. The molecule has 0 radical (unpaired) electrons. The molecule has 0 amide bonds. The first kappa shape index (κ1) is 18.4. The Kier molecular flexibility index (Phi) is 5.64. The fourth-order valence-corrected chi connectivity index (χ4v) is 5.49. The molecule has 1 saturated heterocycles. The molecule has 1 aromatic carbocycles. The van der Waals surface area contributed by atoms with Crippen molar-refractivity contribution in [2.45, 2.75) is 68.5 Å². The van der Waals surface area contributed by atoms with Crippen LogP contribution >= 0.6 is 0 Å². The van der Waals surface area contributed by atoms with E-state index in [1.165, 1.54) is 38.5 Å². The molecule has 0 aromatic heterocycles. The molecule has 3 aliphatic rings. The maximum absolute atomic E-state index is 12.7. The molecule has 4 rings (SSSR count). The highest BCUT2D eigenvalue weighted by Gasteiger charge is 2.31. The zero-order chi connectivity index (χ0) is 18.0. The molecule has 1 heterocycles. The van der Waals surface area contributed by atoms with Gasteiger partial charge < -0.3 is 10.2 Å². The third-order valence-corrected chi connectivity index (χ3v) is 7.53. The minimum atomic E-state index is -3.42. The van der Waals surface area contributed by atoms with E-state index in [2.05, 4.69) is 14.9 Å². The van der Waals surface area contributed by atoms with Crippen molar-refractivity contribution in [3.8, 4) is 0 Å². The van der Waals surface area contributed by atoms with E-state index >= 15 is 0 Å². The number of likely N-dealkylation sites (tertiary alicyclic amines) is 1. The number of benzene rings is 1. The molecule has 1 aromatic rings. The number of hydrogen-bond acceptors (Lipinski definition) is 4. The third-order valence-electron chi connectivity index (χ3n) is 5.99.